The van der Waals surface area contributed by atoms with Crippen molar-refractivity contribution in [2.24, 2.45) is 11.8 Å². The van der Waals surface area contributed by atoms with Gasteiger partial charge in [0.25, 0.3) is 0 Å². The lowest BCUT2D eigenvalue weighted by molar-refractivity contribution is 0.113. The van der Waals surface area contributed by atoms with Gasteiger partial charge in [0, 0.05) is 0 Å². The Balaban J connectivity index is 2.35. The van der Waals surface area contributed by atoms with E-state index < -0.39 is 5.54 Å². The zero-order valence-corrected chi connectivity index (χ0v) is 10.4. The van der Waals surface area contributed by atoms with E-state index in [1.54, 1.807) is 4.90 Å². The molecule has 17 heavy (non-hydrogen) atoms. The van der Waals surface area contributed by atoms with Gasteiger partial charge in [0.05, 0.1) is 6.54 Å². The van der Waals surface area contributed by atoms with Gasteiger partial charge >= 0.3 is 6.03 Å². The molecule has 0 radical (unpaired) electrons. The van der Waals surface area contributed by atoms with E-state index in [4.69, 9.17) is 11.8 Å². The number of amidine groups is 1. The molecule has 2 unspecified atom stereocenters. The van der Waals surface area contributed by atoms with Crippen LogP contribution in [-0.4, -0.2) is 28.9 Å². The molecule has 1 saturated carbocycles. The Kier molecular flexibility index (Phi) is 2.86. The van der Waals surface area contributed by atoms with Crippen LogP contribution in [0.15, 0.2) is 0 Å². The molecule has 92 valence electrons. The average molecular weight is 233 g/mol. The second-order valence-electron chi connectivity index (χ2n) is 5.48. The fourth-order valence-electron chi connectivity index (χ4n) is 3.45. The topological polar surface area (TPSA) is 56.2 Å². The van der Waals surface area contributed by atoms with Crippen LogP contribution < -0.4 is 5.32 Å². The summed E-state index contributed by atoms with van der Waals surface area (Å²) in [6, 6.07) is -0.214. The third kappa shape index (κ3) is 1.80. The van der Waals surface area contributed by atoms with Gasteiger partial charge in [-0.25, -0.2) is 4.79 Å². The molecule has 2 rings (SSSR count). The first-order valence-corrected chi connectivity index (χ1v) is 6.10. The maximum absolute atomic E-state index is 11.8. The SMILES string of the molecule is C#CCN1C(=O)NC(=N)C12CC(C)CC(C)C2. The van der Waals surface area contributed by atoms with E-state index in [9.17, 15) is 4.79 Å². The van der Waals surface area contributed by atoms with Crippen LogP contribution in [0.25, 0.3) is 0 Å². The molecule has 2 fully saturated rings. The van der Waals surface area contributed by atoms with Crippen molar-refractivity contribution in [3.63, 3.8) is 0 Å². The Morgan fingerprint density at radius 1 is 1.53 bits per heavy atom. The highest BCUT2D eigenvalue weighted by Gasteiger charge is 2.52. The summed E-state index contributed by atoms with van der Waals surface area (Å²) in [6.07, 6.45) is 8.18. The number of hydrogen-bond donors (Lipinski definition) is 2. The van der Waals surface area contributed by atoms with Gasteiger partial charge in [-0.05, 0) is 31.1 Å². The van der Waals surface area contributed by atoms with Crippen molar-refractivity contribution < 1.29 is 4.79 Å². The summed E-state index contributed by atoms with van der Waals surface area (Å²) in [5.41, 5.74) is -0.472. The highest BCUT2D eigenvalue weighted by atomic mass is 16.2. The number of terminal acetylenes is 1. The summed E-state index contributed by atoms with van der Waals surface area (Å²) in [4.78, 5) is 13.5. The number of rotatable bonds is 1. The first kappa shape index (κ1) is 12.0. The Bertz CT molecular complexity index is 386. The van der Waals surface area contributed by atoms with E-state index in [1.807, 2.05) is 0 Å². The molecule has 1 aliphatic carbocycles. The van der Waals surface area contributed by atoms with Crippen LogP contribution in [0.1, 0.15) is 33.1 Å². The molecule has 1 aliphatic heterocycles. The minimum atomic E-state index is -0.472. The second-order valence-corrected chi connectivity index (χ2v) is 5.48. The first-order chi connectivity index (χ1) is 7.99. The van der Waals surface area contributed by atoms with Crippen molar-refractivity contribution in [2.75, 3.05) is 6.54 Å². The maximum atomic E-state index is 11.8. The van der Waals surface area contributed by atoms with Gasteiger partial charge in [0.1, 0.15) is 11.4 Å². The van der Waals surface area contributed by atoms with E-state index in [0.717, 1.165) is 19.3 Å². The standard InChI is InChI=1S/C13H19N3O/c1-4-5-16-12(17)15-11(14)13(16)7-9(2)6-10(3)8-13/h1,9-10H,5-8H2,2-3H3,(H2,14,15,17). The van der Waals surface area contributed by atoms with Gasteiger partial charge in [-0.1, -0.05) is 19.8 Å². The van der Waals surface area contributed by atoms with Crippen molar-refractivity contribution in [1.29, 1.82) is 5.41 Å². The zero-order chi connectivity index (χ0) is 12.6. The lowest BCUT2D eigenvalue weighted by Gasteiger charge is -2.43. The molecule has 4 nitrogen and oxygen atoms in total. The molecule has 0 aromatic heterocycles. The number of hydrogen-bond acceptors (Lipinski definition) is 2. The molecule has 1 heterocycles. The van der Waals surface area contributed by atoms with Crippen molar-refractivity contribution >= 4 is 11.9 Å². The summed E-state index contributed by atoms with van der Waals surface area (Å²) in [5, 5.41) is 10.7. The minimum absolute atomic E-state index is 0.214. The number of amides is 2. The van der Waals surface area contributed by atoms with Crippen molar-refractivity contribution in [1.82, 2.24) is 10.2 Å². The molecule has 0 aromatic carbocycles. The number of nitrogens with zero attached hydrogens (tertiary/aromatic N) is 1. The van der Waals surface area contributed by atoms with Crippen LogP contribution in [-0.2, 0) is 0 Å². The molecule has 1 spiro atoms. The van der Waals surface area contributed by atoms with Gasteiger partial charge in [0.15, 0.2) is 0 Å². The number of nitrogens with one attached hydrogen (secondary N) is 2. The highest BCUT2D eigenvalue weighted by Crippen LogP contribution is 2.42. The Labute approximate surface area is 102 Å². The molecule has 2 aliphatic rings. The third-order valence-electron chi connectivity index (χ3n) is 3.89. The Hall–Kier alpha value is -1.50. The van der Waals surface area contributed by atoms with Crippen molar-refractivity contribution in [3.8, 4) is 12.3 Å². The first-order valence-electron chi connectivity index (χ1n) is 6.10. The molecule has 2 amide bonds. The van der Waals surface area contributed by atoms with E-state index in [0.29, 0.717) is 17.7 Å². The smallest absolute Gasteiger partial charge is 0.300 e. The van der Waals surface area contributed by atoms with Crippen LogP contribution in [0.3, 0.4) is 0 Å². The van der Waals surface area contributed by atoms with Crippen molar-refractivity contribution in [3.05, 3.63) is 0 Å². The predicted molar refractivity (Wildman–Crippen MR) is 66.7 cm³/mol. The van der Waals surface area contributed by atoms with Gasteiger partial charge in [-0.3, -0.25) is 10.7 Å². The van der Waals surface area contributed by atoms with Crippen LogP contribution in [0.4, 0.5) is 4.79 Å². The Morgan fingerprint density at radius 3 is 2.65 bits per heavy atom. The summed E-state index contributed by atoms with van der Waals surface area (Å²) in [6.45, 7) is 4.65. The van der Waals surface area contributed by atoms with Gasteiger partial charge < -0.3 is 4.90 Å². The lowest BCUT2D eigenvalue weighted by atomic mass is 9.70. The number of urea groups is 1. The summed E-state index contributed by atoms with van der Waals surface area (Å²) >= 11 is 0. The normalized spacial score (nSPS) is 37.1. The van der Waals surface area contributed by atoms with E-state index >= 15 is 0 Å². The van der Waals surface area contributed by atoms with E-state index in [1.165, 1.54) is 0 Å². The van der Waals surface area contributed by atoms with Crippen LogP contribution in [0.5, 0.6) is 0 Å². The zero-order valence-electron chi connectivity index (χ0n) is 10.4. The molecule has 4 heteroatoms. The molecule has 0 aromatic rings. The van der Waals surface area contributed by atoms with Gasteiger partial charge in [0.2, 0.25) is 0 Å². The van der Waals surface area contributed by atoms with Crippen LogP contribution in [0, 0.1) is 29.6 Å². The van der Waals surface area contributed by atoms with E-state index in [-0.39, 0.29) is 12.6 Å². The van der Waals surface area contributed by atoms with Gasteiger partial charge in [-0.2, -0.15) is 0 Å². The van der Waals surface area contributed by atoms with Crippen molar-refractivity contribution in [2.45, 2.75) is 38.6 Å². The highest BCUT2D eigenvalue weighted by molar-refractivity contribution is 6.08. The lowest BCUT2D eigenvalue weighted by Crippen LogP contribution is -2.53. The summed E-state index contributed by atoms with van der Waals surface area (Å²) in [5.74, 6) is 3.90. The fourth-order valence-corrected chi connectivity index (χ4v) is 3.45. The third-order valence-corrected chi connectivity index (χ3v) is 3.89. The molecule has 2 atom stereocenters. The predicted octanol–water partition coefficient (Wildman–Crippen LogP) is 1.82. The van der Waals surface area contributed by atoms with Crippen LogP contribution in [0.2, 0.25) is 0 Å². The van der Waals surface area contributed by atoms with Crippen LogP contribution >= 0.6 is 0 Å². The fraction of sp³-hybridized carbons (Fsp3) is 0.692. The average Bonchev–Trinajstić information content (AvgIpc) is 2.42. The largest absolute Gasteiger partial charge is 0.324 e. The quantitative estimate of drug-likeness (QED) is 0.667. The van der Waals surface area contributed by atoms with E-state index in [2.05, 4.69) is 25.1 Å². The molecule has 2 N–H and O–H groups in total. The van der Waals surface area contributed by atoms with Gasteiger partial charge in [-0.15, -0.1) is 6.42 Å². The summed E-state index contributed by atoms with van der Waals surface area (Å²) in [7, 11) is 0. The molecule has 0 bridgehead atoms. The molecular weight excluding hydrogens is 214 g/mol. The molecule has 1 saturated heterocycles. The number of carbonyl (C=O) groups excluding carboxylic acids is 1. The monoisotopic (exact) mass is 233 g/mol. The maximum Gasteiger partial charge on any atom is 0.324 e. The minimum Gasteiger partial charge on any atom is -0.300 e. The summed E-state index contributed by atoms with van der Waals surface area (Å²) < 4.78 is 0. The molecular formula is C13H19N3O. The number of carbonyl (C=O) groups is 1. The second kappa shape index (κ2) is 4.06. The Morgan fingerprint density at radius 2 is 2.12 bits per heavy atom.